The van der Waals surface area contributed by atoms with Crippen LogP contribution in [0.15, 0.2) is 66.7 Å². The minimum atomic E-state index is -0.799. The quantitative estimate of drug-likeness (QED) is 0.260. The minimum Gasteiger partial charge on any atom is -0.481 e. The number of benzene rings is 3. The van der Waals surface area contributed by atoms with Gasteiger partial charge < -0.3 is 10.4 Å². The fourth-order valence-electron chi connectivity index (χ4n) is 4.98. The van der Waals surface area contributed by atoms with Gasteiger partial charge in [-0.3, -0.25) is 9.59 Å². The molecule has 1 aliphatic rings. The zero-order valence-corrected chi connectivity index (χ0v) is 21.2. The number of amides is 1. The summed E-state index contributed by atoms with van der Waals surface area (Å²) in [5.41, 5.74) is 6.77. The van der Waals surface area contributed by atoms with Crippen molar-refractivity contribution < 1.29 is 14.7 Å². The lowest BCUT2D eigenvalue weighted by Crippen LogP contribution is -2.31. The molecule has 0 saturated heterocycles. The smallest absolute Gasteiger partial charge is 0.303 e. The fraction of sp³-hybridized carbons (Fsp3) is 0.267. The van der Waals surface area contributed by atoms with Crippen LogP contribution in [0.5, 0.6) is 0 Å². The topological polar surface area (TPSA) is 92.2 Å². The molecule has 6 nitrogen and oxygen atoms in total. The second-order valence-corrected chi connectivity index (χ2v) is 9.89. The van der Waals surface area contributed by atoms with E-state index in [9.17, 15) is 9.59 Å². The van der Waals surface area contributed by atoms with Crippen LogP contribution in [-0.4, -0.2) is 27.0 Å². The van der Waals surface area contributed by atoms with Crippen LogP contribution in [0.2, 0.25) is 5.02 Å². The van der Waals surface area contributed by atoms with E-state index in [1.165, 1.54) is 5.56 Å². The molecule has 0 bridgehead atoms. The van der Waals surface area contributed by atoms with E-state index in [1.807, 2.05) is 54.6 Å². The summed E-state index contributed by atoms with van der Waals surface area (Å²) in [6, 6.07) is 21.1. The molecule has 0 radical (unpaired) electrons. The first-order valence-electron chi connectivity index (χ1n) is 12.6. The summed E-state index contributed by atoms with van der Waals surface area (Å²) >= 11 is 6.17. The van der Waals surface area contributed by atoms with Gasteiger partial charge in [-0.15, -0.1) is 0 Å². The number of aromatic nitrogens is 2. The zero-order chi connectivity index (χ0) is 25.8. The maximum Gasteiger partial charge on any atom is 0.303 e. The number of nitrogens with zero attached hydrogens (tertiary/aromatic N) is 2. The highest BCUT2D eigenvalue weighted by atomic mass is 35.5. The number of hydrogen-bond donors (Lipinski definition) is 2. The molecule has 0 spiro atoms. The molecule has 2 N–H and O–H groups in total. The largest absolute Gasteiger partial charge is 0.481 e. The van der Waals surface area contributed by atoms with Crippen LogP contribution in [0.3, 0.4) is 0 Å². The number of hydrogen-bond acceptors (Lipinski definition) is 4. The molecule has 1 aromatic heterocycles. The normalized spacial score (nSPS) is 14.8. The standard InChI is InChI=1S/C30H28ClN3O3/c31-22-14-15-23-20(17-22)9-6-11-24(23)34-30(37)21-13-16-25-27(18-21)32-26(10-4-5-12-28(35)36)29(33-25)19-7-2-1-3-8-19/h1-3,7-8,13-18,24H,4-6,9-12H2,(H,34,37)(H,35,36)/t24-/m0/s1. The number of nitrogens with one attached hydrogen (secondary N) is 1. The molecule has 4 aromatic rings. The summed E-state index contributed by atoms with van der Waals surface area (Å²) in [6.07, 6.45) is 4.84. The molecule has 1 heterocycles. The van der Waals surface area contributed by atoms with E-state index in [4.69, 9.17) is 26.7 Å². The summed E-state index contributed by atoms with van der Waals surface area (Å²) in [7, 11) is 0. The van der Waals surface area contributed by atoms with Gasteiger partial charge in [0.2, 0.25) is 0 Å². The van der Waals surface area contributed by atoms with Crippen molar-refractivity contribution >= 4 is 34.5 Å². The highest BCUT2D eigenvalue weighted by Gasteiger charge is 2.23. The highest BCUT2D eigenvalue weighted by Crippen LogP contribution is 2.32. The maximum absolute atomic E-state index is 13.2. The van der Waals surface area contributed by atoms with Gasteiger partial charge in [0, 0.05) is 22.6 Å². The number of carboxylic acids is 1. The van der Waals surface area contributed by atoms with Crippen molar-refractivity contribution in [3.8, 4) is 11.3 Å². The summed E-state index contributed by atoms with van der Waals surface area (Å²) in [6.45, 7) is 0. The van der Waals surface area contributed by atoms with Gasteiger partial charge in [-0.1, -0.05) is 48.0 Å². The number of halogens is 1. The van der Waals surface area contributed by atoms with Crippen LogP contribution in [-0.2, 0) is 17.6 Å². The number of unbranched alkanes of at least 4 members (excludes halogenated alkanes) is 1. The minimum absolute atomic E-state index is 0.0550. The molecule has 0 aliphatic heterocycles. The molecule has 5 rings (SSSR count). The van der Waals surface area contributed by atoms with Gasteiger partial charge in [0.05, 0.1) is 28.5 Å². The van der Waals surface area contributed by atoms with Crippen molar-refractivity contribution in [2.24, 2.45) is 0 Å². The van der Waals surface area contributed by atoms with Gasteiger partial charge in [0.25, 0.3) is 5.91 Å². The highest BCUT2D eigenvalue weighted by molar-refractivity contribution is 6.30. The van der Waals surface area contributed by atoms with Gasteiger partial charge in [0.15, 0.2) is 0 Å². The third-order valence-electron chi connectivity index (χ3n) is 6.82. The van der Waals surface area contributed by atoms with Crippen molar-refractivity contribution in [3.63, 3.8) is 0 Å². The third kappa shape index (κ3) is 5.81. The molecule has 3 aromatic carbocycles. The van der Waals surface area contributed by atoms with Crippen LogP contribution in [0.4, 0.5) is 0 Å². The van der Waals surface area contributed by atoms with Crippen molar-refractivity contribution in [1.29, 1.82) is 0 Å². The SMILES string of the molecule is O=C(O)CCCCc1nc2cc(C(=O)N[C@H]3CCCc4cc(Cl)ccc43)ccc2nc1-c1ccccc1. The predicted octanol–water partition coefficient (Wildman–Crippen LogP) is 6.56. The maximum atomic E-state index is 13.2. The predicted molar refractivity (Wildman–Crippen MR) is 145 cm³/mol. The monoisotopic (exact) mass is 513 g/mol. The molecule has 0 saturated carbocycles. The lowest BCUT2D eigenvalue weighted by molar-refractivity contribution is -0.137. The van der Waals surface area contributed by atoms with Crippen molar-refractivity contribution in [1.82, 2.24) is 15.3 Å². The van der Waals surface area contributed by atoms with E-state index in [1.54, 1.807) is 12.1 Å². The Labute approximate surface area is 220 Å². The van der Waals surface area contributed by atoms with E-state index in [-0.39, 0.29) is 18.4 Å². The Bertz CT molecular complexity index is 1460. The number of aryl methyl sites for hydroxylation is 2. The number of aliphatic carboxylic acids is 1. The zero-order valence-electron chi connectivity index (χ0n) is 20.4. The molecule has 37 heavy (non-hydrogen) atoms. The van der Waals surface area contributed by atoms with E-state index in [0.717, 1.165) is 41.8 Å². The molecule has 188 valence electrons. The molecular formula is C30H28ClN3O3. The number of fused-ring (bicyclic) bond motifs is 2. The second kappa shape index (κ2) is 11.1. The first-order chi connectivity index (χ1) is 18.0. The Hall–Kier alpha value is -3.77. The van der Waals surface area contributed by atoms with Gasteiger partial charge in [-0.25, -0.2) is 9.97 Å². The van der Waals surface area contributed by atoms with Crippen molar-refractivity contribution in [2.75, 3.05) is 0 Å². The molecule has 1 amide bonds. The van der Waals surface area contributed by atoms with Crippen molar-refractivity contribution in [2.45, 2.75) is 51.0 Å². The Kier molecular flexibility index (Phi) is 7.47. The van der Waals surface area contributed by atoms with E-state index >= 15 is 0 Å². The first kappa shape index (κ1) is 24.9. The van der Waals surface area contributed by atoms with Gasteiger partial charge >= 0.3 is 5.97 Å². The Morgan fingerprint density at radius 2 is 1.81 bits per heavy atom. The summed E-state index contributed by atoms with van der Waals surface area (Å²) in [4.78, 5) is 34.0. The van der Waals surface area contributed by atoms with E-state index < -0.39 is 5.97 Å². The fourth-order valence-corrected chi connectivity index (χ4v) is 5.17. The van der Waals surface area contributed by atoms with Crippen LogP contribution in [0, 0.1) is 0 Å². The van der Waals surface area contributed by atoms with Crippen LogP contribution < -0.4 is 5.32 Å². The van der Waals surface area contributed by atoms with Crippen LogP contribution in [0.1, 0.15) is 65.3 Å². The Balaban J connectivity index is 1.42. The Morgan fingerprint density at radius 3 is 2.62 bits per heavy atom. The van der Waals surface area contributed by atoms with Crippen molar-refractivity contribution in [3.05, 3.63) is 94.1 Å². The summed E-state index contributed by atoms with van der Waals surface area (Å²) in [5, 5.41) is 12.9. The number of carbonyl (C=O) groups excluding carboxylic acids is 1. The molecular weight excluding hydrogens is 486 g/mol. The molecule has 1 aliphatic carbocycles. The summed E-state index contributed by atoms with van der Waals surface area (Å²) in [5.74, 6) is -0.945. The van der Waals surface area contributed by atoms with Gasteiger partial charge in [-0.2, -0.15) is 0 Å². The van der Waals surface area contributed by atoms with Crippen LogP contribution in [0.25, 0.3) is 22.3 Å². The lowest BCUT2D eigenvalue weighted by atomic mass is 9.87. The molecule has 0 fully saturated rings. The van der Waals surface area contributed by atoms with E-state index in [2.05, 4.69) is 5.32 Å². The second-order valence-electron chi connectivity index (χ2n) is 9.45. The lowest BCUT2D eigenvalue weighted by Gasteiger charge is -2.26. The van der Waals surface area contributed by atoms with E-state index in [0.29, 0.717) is 40.9 Å². The Morgan fingerprint density at radius 1 is 0.973 bits per heavy atom. The summed E-state index contributed by atoms with van der Waals surface area (Å²) < 4.78 is 0. The van der Waals surface area contributed by atoms with Gasteiger partial charge in [-0.05, 0) is 80.0 Å². The third-order valence-corrected chi connectivity index (χ3v) is 7.06. The number of rotatable bonds is 8. The number of carboxylic acid groups (broad SMARTS) is 1. The average Bonchev–Trinajstić information content (AvgIpc) is 2.90. The average molecular weight is 514 g/mol. The molecule has 1 atom stereocenters. The van der Waals surface area contributed by atoms with Gasteiger partial charge in [0.1, 0.15) is 0 Å². The molecule has 7 heteroatoms. The first-order valence-corrected chi connectivity index (χ1v) is 13.0. The number of carbonyl (C=O) groups is 2. The molecule has 0 unspecified atom stereocenters. The van der Waals surface area contributed by atoms with Crippen LogP contribution >= 0.6 is 11.6 Å².